The molecule has 1 saturated heterocycles. The van der Waals surface area contributed by atoms with Crippen LogP contribution < -0.4 is 10.1 Å². The van der Waals surface area contributed by atoms with Crippen LogP contribution in [0.4, 0.5) is 13.2 Å². The van der Waals surface area contributed by atoms with Crippen LogP contribution in [0.5, 0.6) is 5.75 Å². The molecule has 3 atom stereocenters. The van der Waals surface area contributed by atoms with Crippen molar-refractivity contribution in [3.8, 4) is 16.9 Å². The van der Waals surface area contributed by atoms with Crippen LogP contribution in [0, 0.1) is 18.6 Å². The number of benzene rings is 2. The maximum atomic E-state index is 16.1. The second kappa shape index (κ2) is 15.4. The fourth-order valence-corrected chi connectivity index (χ4v) is 9.05. The van der Waals surface area contributed by atoms with Gasteiger partial charge in [0.05, 0.1) is 40.9 Å². The number of unbranched alkanes of at least 4 members (excludes halogenated alkanes) is 2. The molecule has 0 radical (unpaired) electrons. The van der Waals surface area contributed by atoms with Crippen molar-refractivity contribution in [3.05, 3.63) is 99.3 Å². The number of aryl methyl sites for hydroxylation is 2. The minimum absolute atomic E-state index is 0.0275. The van der Waals surface area contributed by atoms with Crippen LogP contribution >= 0.6 is 15.9 Å². The first kappa shape index (κ1) is 37.7. The van der Waals surface area contributed by atoms with Gasteiger partial charge < -0.3 is 15.0 Å². The molecule has 9 nitrogen and oxygen atoms in total. The highest BCUT2D eigenvalue weighted by Crippen LogP contribution is 2.44. The van der Waals surface area contributed by atoms with Crippen LogP contribution in [0.1, 0.15) is 93.0 Å². The van der Waals surface area contributed by atoms with Crippen molar-refractivity contribution in [3.63, 3.8) is 0 Å². The molecule has 8 rings (SSSR count). The number of halogens is 4. The van der Waals surface area contributed by atoms with Crippen LogP contribution in [0.2, 0.25) is 0 Å². The number of aromatic amines is 1. The lowest BCUT2D eigenvalue weighted by atomic mass is 9.87. The molecule has 2 aliphatic rings. The third-order valence-electron chi connectivity index (χ3n) is 11.2. The number of hydrogen-bond acceptors (Lipinski definition) is 6. The van der Waals surface area contributed by atoms with Gasteiger partial charge in [0.15, 0.2) is 5.65 Å². The predicted molar refractivity (Wildman–Crippen MR) is 212 cm³/mol. The fourth-order valence-electron chi connectivity index (χ4n) is 8.47. The van der Waals surface area contributed by atoms with E-state index in [1.807, 2.05) is 63.9 Å². The molecular weight excluding hydrogens is 769 g/mol. The molecule has 0 unspecified atom stereocenters. The second-order valence-electron chi connectivity index (χ2n) is 15.8. The van der Waals surface area contributed by atoms with E-state index in [9.17, 15) is 0 Å². The Morgan fingerprint density at radius 3 is 2.62 bits per heavy atom. The molecule has 2 N–H and O–H groups in total. The Morgan fingerprint density at radius 1 is 1.05 bits per heavy atom. The van der Waals surface area contributed by atoms with E-state index in [1.165, 1.54) is 26.0 Å². The molecule has 6 heterocycles. The number of alkyl halides is 1. The first-order valence-corrected chi connectivity index (χ1v) is 20.2. The number of piperidine rings is 1. The lowest BCUT2D eigenvalue weighted by Gasteiger charge is -2.43. The highest BCUT2D eigenvalue weighted by molar-refractivity contribution is 9.10. The Balaban J connectivity index is 0.903. The number of ether oxygens (including phenoxy) is 1. The van der Waals surface area contributed by atoms with Gasteiger partial charge in [-0.2, -0.15) is 10.2 Å². The molecule has 0 aliphatic carbocycles. The number of hydrogen-bond donors (Lipinski definition) is 2. The summed E-state index contributed by atoms with van der Waals surface area (Å²) in [5.41, 5.74) is 5.80. The molecule has 55 heavy (non-hydrogen) atoms. The van der Waals surface area contributed by atoms with E-state index in [1.54, 1.807) is 0 Å². The van der Waals surface area contributed by atoms with E-state index >= 15 is 13.2 Å². The normalized spacial score (nSPS) is 19.4. The summed E-state index contributed by atoms with van der Waals surface area (Å²) < 4.78 is 57.9. The molecule has 6 aromatic rings. The number of para-hydroxylation sites is 1. The van der Waals surface area contributed by atoms with E-state index < -0.39 is 23.3 Å². The summed E-state index contributed by atoms with van der Waals surface area (Å²) in [6.45, 7) is 10.1. The Morgan fingerprint density at radius 2 is 1.85 bits per heavy atom. The van der Waals surface area contributed by atoms with Gasteiger partial charge in [0.25, 0.3) is 0 Å². The van der Waals surface area contributed by atoms with Crippen molar-refractivity contribution in [1.82, 2.24) is 39.6 Å². The smallest absolute Gasteiger partial charge is 0.163 e. The van der Waals surface area contributed by atoms with Crippen molar-refractivity contribution in [1.29, 1.82) is 0 Å². The first-order chi connectivity index (χ1) is 26.5. The molecule has 0 bridgehead atoms. The minimum atomic E-state index is -1.56. The molecule has 290 valence electrons. The highest BCUT2D eigenvalue weighted by Gasteiger charge is 2.41. The zero-order valence-electron chi connectivity index (χ0n) is 31.8. The predicted octanol–water partition coefficient (Wildman–Crippen LogP) is 9.22. The maximum Gasteiger partial charge on any atom is 0.163 e. The number of rotatable bonds is 12. The van der Waals surface area contributed by atoms with Gasteiger partial charge in [-0.25, -0.2) is 22.7 Å². The van der Waals surface area contributed by atoms with Crippen LogP contribution in [0.25, 0.3) is 27.7 Å². The SMILES string of the molecule is Cc1c(Br)c([C@@H]2CCCNC2)nc2c(-c3cnn(CCCCCOc4cc(F)c([C@@H]5c6[nH]c7ccccc7c6C[C@@H](C)N5CC(C)(C)F)c(F)c4)c3)cnn12. The topological polar surface area (TPSA) is 88.3 Å². The van der Waals surface area contributed by atoms with E-state index in [4.69, 9.17) is 9.72 Å². The van der Waals surface area contributed by atoms with Gasteiger partial charge in [-0.05, 0) is 100 Å². The molecule has 0 spiro atoms. The van der Waals surface area contributed by atoms with Gasteiger partial charge in [0.1, 0.15) is 23.1 Å². The number of nitrogens with one attached hydrogen (secondary N) is 2. The Kier molecular flexibility index (Phi) is 10.5. The number of fused-ring (bicyclic) bond motifs is 4. The van der Waals surface area contributed by atoms with Crippen LogP contribution in [0.15, 0.2) is 59.5 Å². The Labute approximate surface area is 327 Å². The number of aromatic nitrogens is 6. The third-order valence-corrected chi connectivity index (χ3v) is 12.1. The van der Waals surface area contributed by atoms with E-state index in [0.29, 0.717) is 31.1 Å². The summed E-state index contributed by atoms with van der Waals surface area (Å²) in [5, 5.41) is 13.8. The fraction of sp³-hybridized carbons (Fsp3) is 0.452. The zero-order valence-corrected chi connectivity index (χ0v) is 33.4. The molecule has 0 amide bonds. The Hall–Kier alpha value is -4.20. The van der Waals surface area contributed by atoms with Crippen LogP contribution in [-0.4, -0.2) is 72.2 Å². The van der Waals surface area contributed by atoms with Gasteiger partial charge in [-0.1, -0.05) is 18.2 Å². The summed E-state index contributed by atoms with van der Waals surface area (Å²) in [6, 6.07) is 9.43. The summed E-state index contributed by atoms with van der Waals surface area (Å²) in [6.07, 6.45) is 11.0. The van der Waals surface area contributed by atoms with Crippen molar-refractivity contribution < 1.29 is 17.9 Å². The summed E-state index contributed by atoms with van der Waals surface area (Å²) >= 11 is 3.79. The lowest BCUT2D eigenvalue weighted by molar-refractivity contribution is 0.0642. The van der Waals surface area contributed by atoms with Gasteiger partial charge in [-0.3, -0.25) is 9.58 Å². The molecule has 2 aromatic carbocycles. The van der Waals surface area contributed by atoms with Gasteiger partial charge in [-0.15, -0.1) is 0 Å². The summed E-state index contributed by atoms with van der Waals surface area (Å²) in [4.78, 5) is 10.4. The monoisotopic (exact) mass is 816 g/mol. The van der Waals surface area contributed by atoms with Crippen LogP contribution in [0.3, 0.4) is 0 Å². The number of nitrogens with zero attached hydrogens (tertiary/aromatic N) is 6. The molecule has 2 aliphatic heterocycles. The molecule has 1 fully saturated rings. The lowest BCUT2D eigenvalue weighted by Crippen LogP contribution is -2.48. The zero-order chi connectivity index (χ0) is 38.4. The quantitative estimate of drug-likeness (QED) is 0.120. The Bertz CT molecular complexity index is 2300. The summed E-state index contributed by atoms with van der Waals surface area (Å²) in [5.74, 6) is -0.922. The highest BCUT2D eigenvalue weighted by atomic mass is 79.9. The average Bonchev–Trinajstić information content (AvgIpc) is 3.89. The van der Waals surface area contributed by atoms with Crippen molar-refractivity contribution in [2.24, 2.45) is 0 Å². The largest absolute Gasteiger partial charge is 0.493 e. The minimum Gasteiger partial charge on any atom is -0.493 e. The second-order valence-corrected chi connectivity index (χ2v) is 16.6. The maximum absolute atomic E-state index is 16.1. The molecule has 13 heteroatoms. The standard InChI is InChI=1S/C42H48BrF3N8O/c1-25-17-31-30-12-6-7-13-35(30)50-39(31)40(53(25)24-42(3,4)46)36-33(44)18-29(19-34(36)45)55-16-9-5-8-15-52-23-28(21-48-52)32-22-49-54-26(2)37(43)38(51-41(32)54)27-11-10-14-47-20-27/h6-7,12-13,18-19,21-23,25,27,40,47,50H,5,8-11,14-17,20,24H2,1-4H3/t25-,27-,40-/m1/s1. The van der Waals surface area contributed by atoms with E-state index in [0.717, 1.165) is 94.4 Å². The molecular formula is C42H48BrF3N8O. The number of H-pyrrole nitrogens is 1. The van der Waals surface area contributed by atoms with Gasteiger partial charge in [0.2, 0.25) is 0 Å². The molecule has 0 saturated carbocycles. The van der Waals surface area contributed by atoms with Gasteiger partial charge >= 0.3 is 0 Å². The van der Waals surface area contributed by atoms with Crippen LogP contribution in [-0.2, 0) is 13.0 Å². The van der Waals surface area contributed by atoms with E-state index in [-0.39, 0.29) is 23.9 Å². The average molecular weight is 818 g/mol. The van der Waals surface area contributed by atoms with Crippen molar-refractivity contribution in [2.75, 3.05) is 26.2 Å². The van der Waals surface area contributed by atoms with E-state index in [2.05, 4.69) is 43.4 Å². The van der Waals surface area contributed by atoms with Crippen molar-refractivity contribution >= 4 is 32.5 Å². The molecule has 4 aromatic heterocycles. The third kappa shape index (κ3) is 7.55. The van der Waals surface area contributed by atoms with Gasteiger partial charge in [0, 0.05) is 83.2 Å². The first-order valence-electron chi connectivity index (χ1n) is 19.4. The summed E-state index contributed by atoms with van der Waals surface area (Å²) in [7, 11) is 0. The van der Waals surface area contributed by atoms with Crippen molar-refractivity contribution in [2.45, 2.75) is 96.4 Å².